The topological polar surface area (TPSA) is 62.5 Å². The second-order valence-corrected chi connectivity index (χ2v) is 6.78. The molecule has 1 aromatic rings. The van der Waals surface area contributed by atoms with Crippen LogP contribution in [0.5, 0.6) is 11.5 Å². The molecule has 2 aliphatic carbocycles. The van der Waals surface area contributed by atoms with Crippen molar-refractivity contribution in [3.8, 4) is 11.5 Å². The molecule has 1 heterocycles. The van der Waals surface area contributed by atoms with E-state index in [1.54, 1.807) is 7.11 Å². The van der Waals surface area contributed by atoms with Crippen molar-refractivity contribution >= 4 is 21.6 Å². The molecule has 0 saturated carbocycles. The monoisotopic (exact) mass is 349 g/mol. The summed E-state index contributed by atoms with van der Waals surface area (Å²) in [6.07, 6.45) is 5.55. The van der Waals surface area contributed by atoms with Gasteiger partial charge in [-0.15, -0.1) is 0 Å². The zero-order chi connectivity index (χ0) is 14.8. The Balaban J connectivity index is 2.04. The first-order valence-electron chi connectivity index (χ1n) is 7.09. The average molecular weight is 350 g/mol. The molecule has 4 nitrogen and oxygen atoms in total. The summed E-state index contributed by atoms with van der Waals surface area (Å²) in [5.41, 5.74) is 2.39. The Bertz CT molecular complexity index is 685. The van der Waals surface area contributed by atoms with Crippen LogP contribution in [0.25, 0.3) is 0 Å². The largest absolute Gasteiger partial charge is 0.493 e. The van der Waals surface area contributed by atoms with Gasteiger partial charge in [0.2, 0.25) is 0 Å². The van der Waals surface area contributed by atoms with E-state index in [1.807, 2.05) is 12.1 Å². The summed E-state index contributed by atoms with van der Waals surface area (Å²) in [6.45, 7) is 0. The van der Waals surface area contributed by atoms with E-state index in [0.29, 0.717) is 17.9 Å². The van der Waals surface area contributed by atoms with Crippen molar-refractivity contribution in [1.82, 2.24) is 0 Å². The van der Waals surface area contributed by atoms with Crippen LogP contribution in [0.2, 0.25) is 0 Å². The Morgan fingerprint density at radius 2 is 2.33 bits per heavy atom. The van der Waals surface area contributed by atoms with E-state index in [4.69, 9.17) is 14.9 Å². The van der Waals surface area contributed by atoms with Crippen LogP contribution >= 0.6 is 15.9 Å². The number of rotatable bonds is 1. The highest BCUT2D eigenvalue weighted by molar-refractivity contribution is 9.10. The van der Waals surface area contributed by atoms with Gasteiger partial charge in [0.05, 0.1) is 18.6 Å². The van der Waals surface area contributed by atoms with Gasteiger partial charge in [-0.05, 0) is 34.8 Å². The fraction of sp³-hybridized carbons (Fsp3) is 0.438. The Labute approximate surface area is 131 Å². The quantitative estimate of drug-likeness (QED) is 0.766. The van der Waals surface area contributed by atoms with Gasteiger partial charge in [0, 0.05) is 27.7 Å². The van der Waals surface area contributed by atoms with Crippen LogP contribution in [-0.2, 0) is 5.41 Å². The number of hydrogen-bond acceptors (Lipinski definition) is 4. The van der Waals surface area contributed by atoms with Crippen LogP contribution < -0.4 is 9.47 Å². The smallest absolute Gasteiger partial charge is 0.166 e. The molecule has 0 amide bonds. The number of aliphatic hydroxyl groups excluding tert-OH is 1. The summed E-state index contributed by atoms with van der Waals surface area (Å²) in [6, 6.07) is 1.87. The van der Waals surface area contributed by atoms with Crippen molar-refractivity contribution in [2.45, 2.75) is 36.9 Å². The van der Waals surface area contributed by atoms with Crippen LogP contribution in [-0.4, -0.2) is 30.1 Å². The lowest BCUT2D eigenvalue weighted by molar-refractivity contribution is 0.0849. The normalized spacial score (nSPS) is 32.4. The highest BCUT2D eigenvalue weighted by atomic mass is 79.9. The first-order valence-corrected chi connectivity index (χ1v) is 7.89. The minimum atomic E-state index is -0.464. The van der Waals surface area contributed by atoms with E-state index in [2.05, 4.69) is 22.0 Å². The molecule has 2 N–H and O–H groups in total. The summed E-state index contributed by atoms with van der Waals surface area (Å²) in [7, 11) is 1.63. The van der Waals surface area contributed by atoms with Crippen LogP contribution in [0, 0.1) is 5.41 Å². The summed E-state index contributed by atoms with van der Waals surface area (Å²) in [5, 5.41) is 18.2. The lowest BCUT2D eigenvalue weighted by Crippen LogP contribution is -2.44. The van der Waals surface area contributed by atoms with E-state index in [-0.39, 0.29) is 11.5 Å². The van der Waals surface area contributed by atoms with Crippen LogP contribution in [0.1, 0.15) is 30.4 Å². The molecule has 3 aliphatic rings. The standard InChI is InChI=1S/C16H16BrNO3/c1-20-11-7-9(17)13-10(18)3-5-16-4-2-8(19)6-12(16)21-15(11)14(13)16/h2,4,7-8,12,18-19H,3,5-6H2,1H3/t8-,12?,16?/m0/s1. The number of nitrogens with one attached hydrogen (secondary N) is 1. The number of ether oxygens (including phenoxy) is 2. The molecular weight excluding hydrogens is 334 g/mol. The van der Waals surface area contributed by atoms with Gasteiger partial charge in [-0.1, -0.05) is 12.2 Å². The molecular formula is C16H16BrNO3. The van der Waals surface area contributed by atoms with Crippen molar-refractivity contribution in [2.24, 2.45) is 0 Å². The molecule has 2 unspecified atom stereocenters. The summed E-state index contributed by atoms with van der Waals surface area (Å²) >= 11 is 3.58. The number of methoxy groups -OCH3 is 1. The third-order valence-corrected chi connectivity index (χ3v) is 5.50. The SMILES string of the molecule is COc1cc(Br)c2c3c1OC1C[C@@H](O)C=CC31CCC2=N. The third-order valence-electron chi connectivity index (χ3n) is 4.88. The number of benzene rings is 1. The number of hydrogen-bond donors (Lipinski definition) is 2. The average Bonchev–Trinajstić information content (AvgIpc) is 2.79. The van der Waals surface area contributed by atoms with Crippen molar-refractivity contribution in [3.05, 3.63) is 33.8 Å². The minimum absolute atomic E-state index is 0.0810. The molecule has 110 valence electrons. The molecule has 1 aromatic carbocycles. The Morgan fingerprint density at radius 3 is 3.10 bits per heavy atom. The maximum atomic E-state index is 9.92. The van der Waals surface area contributed by atoms with Gasteiger partial charge in [-0.3, -0.25) is 0 Å². The zero-order valence-electron chi connectivity index (χ0n) is 11.6. The molecule has 0 bridgehead atoms. The van der Waals surface area contributed by atoms with Crippen molar-refractivity contribution in [3.63, 3.8) is 0 Å². The van der Waals surface area contributed by atoms with Crippen molar-refractivity contribution in [1.29, 1.82) is 5.41 Å². The fourth-order valence-electron chi connectivity index (χ4n) is 3.88. The van der Waals surface area contributed by atoms with Crippen LogP contribution in [0.3, 0.4) is 0 Å². The molecule has 0 radical (unpaired) electrons. The zero-order valence-corrected chi connectivity index (χ0v) is 13.2. The van der Waals surface area contributed by atoms with E-state index < -0.39 is 6.10 Å². The summed E-state index contributed by atoms with van der Waals surface area (Å²) in [4.78, 5) is 0. The second kappa shape index (κ2) is 4.34. The minimum Gasteiger partial charge on any atom is -0.493 e. The molecule has 1 spiro atoms. The molecule has 4 rings (SSSR count). The lowest BCUT2D eigenvalue weighted by Gasteiger charge is -2.39. The van der Waals surface area contributed by atoms with Gasteiger partial charge in [-0.2, -0.15) is 0 Å². The van der Waals surface area contributed by atoms with Crippen molar-refractivity contribution < 1.29 is 14.6 Å². The molecule has 0 fully saturated rings. The van der Waals surface area contributed by atoms with Crippen LogP contribution in [0.15, 0.2) is 22.7 Å². The summed E-state index contributed by atoms with van der Waals surface area (Å²) in [5.74, 6) is 1.43. The second-order valence-electron chi connectivity index (χ2n) is 5.93. The Hall–Kier alpha value is -1.33. The van der Waals surface area contributed by atoms with Gasteiger partial charge >= 0.3 is 0 Å². The summed E-state index contributed by atoms with van der Waals surface area (Å²) < 4.78 is 12.5. The van der Waals surface area contributed by atoms with Gasteiger partial charge in [0.15, 0.2) is 11.5 Å². The predicted octanol–water partition coefficient (Wildman–Crippen LogP) is 2.94. The Morgan fingerprint density at radius 1 is 1.52 bits per heavy atom. The molecule has 0 aromatic heterocycles. The van der Waals surface area contributed by atoms with E-state index >= 15 is 0 Å². The fourth-order valence-corrected chi connectivity index (χ4v) is 4.53. The molecule has 1 aliphatic heterocycles. The highest BCUT2D eigenvalue weighted by Crippen LogP contribution is 2.58. The predicted molar refractivity (Wildman–Crippen MR) is 82.6 cm³/mol. The Kier molecular flexibility index (Phi) is 2.75. The van der Waals surface area contributed by atoms with Gasteiger partial charge in [-0.25, -0.2) is 0 Å². The highest BCUT2D eigenvalue weighted by Gasteiger charge is 2.54. The van der Waals surface area contributed by atoms with Gasteiger partial charge < -0.3 is 20.0 Å². The first-order chi connectivity index (χ1) is 10.1. The maximum absolute atomic E-state index is 9.92. The lowest BCUT2D eigenvalue weighted by atomic mass is 9.64. The number of halogens is 1. The maximum Gasteiger partial charge on any atom is 0.166 e. The van der Waals surface area contributed by atoms with E-state index in [1.165, 1.54) is 0 Å². The first kappa shape index (κ1) is 13.3. The van der Waals surface area contributed by atoms with E-state index in [0.717, 1.165) is 34.2 Å². The van der Waals surface area contributed by atoms with Crippen LogP contribution in [0.4, 0.5) is 0 Å². The molecule has 21 heavy (non-hydrogen) atoms. The molecule has 3 atom stereocenters. The van der Waals surface area contributed by atoms with Crippen molar-refractivity contribution in [2.75, 3.05) is 7.11 Å². The van der Waals surface area contributed by atoms with E-state index in [9.17, 15) is 5.11 Å². The third kappa shape index (κ3) is 1.62. The number of aliphatic hydroxyl groups is 1. The van der Waals surface area contributed by atoms with Gasteiger partial charge in [0.1, 0.15) is 6.10 Å². The molecule has 5 heteroatoms. The molecule has 0 saturated heterocycles. The van der Waals surface area contributed by atoms with Gasteiger partial charge in [0.25, 0.3) is 0 Å².